The first-order valence-corrected chi connectivity index (χ1v) is 8.71. The van der Waals surface area contributed by atoms with Crippen molar-refractivity contribution in [2.45, 2.75) is 12.8 Å². The lowest BCUT2D eigenvalue weighted by Crippen LogP contribution is -2.43. The molecule has 8 heteroatoms. The van der Waals surface area contributed by atoms with Crippen LogP contribution in [0, 0.1) is 11.7 Å². The Balaban J connectivity index is 2.06. The number of piperidine rings is 1. The molecule has 21 heavy (non-hydrogen) atoms. The molecule has 1 aliphatic heterocycles. The van der Waals surface area contributed by atoms with Gasteiger partial charge in [0.2, 0.25) is 15.9 Å². The summed E-state index contributed by atoms with van der Waals surface area (Å²) in [7, 11) is -3.30. The number of hydrogen-bond acceptors (Lipinski definition) is 3. The summed E-state index contributed by atoms with van der Waals surface area (Å²) < 4.78 is 37.3. The molecule has 1 N–H and O–H groups in total. The molecule has 1 aromatic rings. The van der Waals surface area contributed by atoms with Crippen molar-refractivity contribution in [2.75, 3.05) is 24.7 Å². The third-order valence-corrected chi connectivity index (χ3v) is 5.00. The molecular formula is C13H16ClFN2O3S. The Bertz CT molecular complexity index is 651. The highest BCUT2D eigenvalue weighted by Crippen LogP contribution is 2.25. The molecule has 1 atom stereocenters. The lowest BCUT2D eigenvalue weighted by Gasteiger charge is -2.30. The molecule has 2 rings (SSSR count). The van der Waals surface area contributed by atoms with Crippen LogP contribution >= 0.6 is 11.6 Å². The van der Waals surface area contributed by atoms with Crippen molar-refractivity contribution in [1.29, 1.82) is 0 Å². The van der Waals surface area contributed by atoms with Gasteiger partial charge in [-0.05, 0) is 31.0 Å². The summed E-state index contributed by atoms with van der Waals surface area (Å²) in [6.07, 6.45) is 2.36. The van der Waals surface area contributed by atoms with Gasteiger partial charge in [-0.2, -0.15) is 0 Å². The van der Waals surface area contributed by atoms with Crippen LogP contribution in [0.2, 0.25) is 5.02 Å². The Morgan fingerprint density at radius 1 is 1.48 bits per heavy atom. The van der Waals surface area contributed by atoms with Gasteiger partial charge in [0.1, 0.15) is 5.82 Å². The zero-order valence-electron chi connectivity index (χ0n) is 11.5. The van der Waals surface area contributed by atoms with Crippen molar-refractivity contribution in [3.8, 4) is 0 Å². The number of carbonyl (C=O) groups is 1. The fraction of sp³-hybridized carbons (Fsp3) is 0.462. The van der Waals surface area contributed by atoms with Crippen LogP contribution in [0.4, 0.5) is 10.1 Å². The van der Waals surface area contributed by atoms with Crippen LogP contribution in [-0.4, -0.2) is 38.0 Å². The predicted molar refractivity (Wildman–Crippen MR) is 79.2 cm³/mol. The van der Waals surface area contributed by atoms with Gasteiger partial charge < -0.3 is 5.32 Å². The van der Waals surface area contributed by atoms with Gasteiger partial charge in [-0.25, -0.2) is 17.1 Å². The molecule has 1 saturated heterocycles. The molecule has 116 valence electrons. The predicted octanol–water partition coefficient (Wildman–Crippen LogP) is 2.09. The van der Waals surface area contributed by atoms with E-state index in [1.54, 1.807) is 0 Å². The molecule has 1 unspecified atom stereocenters. The third-order valence-electron chi connectivity index (χ3n) is 3.41. The number of hydrogen-bond donors (Lipinski definition) is 1. The summed E-state index contributed by atoms with van der Waals surface area (Å²) in [5.74, 6) is -1.23. The highest BCUT2D eigenvalue weighted by molar-refractivity contribution is 7.88. The summed E-state index contributed by atoms with van der Waals surface area (Å²) in [6.45, 7) is 0.587. The molecular weight excluding hydrogens is 319 g/mol. The van der Waals surface area contributed by atoms with E-state index < -0.39 is 21.8 Å². The molecule has 0 aromatic heterocycles. The van der Waals surface area contributed by atoms with E-state index in [2.05, 4.69) is 5.32 Å². The Labute approximate surface area is 128 Å². The number of carbonyl (C=O) groups excluding carboxylic acids is 1. The molecule has 1 fully saturated rings. The zero-order chi connectivity index (χ0) is 15.6. The van der Waals surface area contributed by atoms with Crippen LogP contribution < -0.4 is 5.32 Å². The minimum absolute atomic E-state index is 0.110. The average molecular weight is 335 g/mol. The average Bonchev–Trinajstić information content (AvgIpc) is 2.41. The van der Waals surface area contributed by atoms with Crippen molar-refractivity contribution in [3.63, 3.8) is 0 Å². The van der Waals surface area contributed by atoms with Crippen LogP contribution in [-0.2, 0) is 14.8 Å². The Morgan fingerprint density at radius 2 is 2.19 bits per heavy atom. The van der Waals surface area contributed by atoms with E-state index in [0.717, 1.165) is 12.3 Å². The summed E-state index contributed by atoms with van der Waals surface area (Å²) in [4.78, 5) is 12.2. The number of nitrogens with one attached hydrogen (secondary N) is 1. The number of anilines is 1. The lowest BCUT2D eigenvalue weighted by atomic mass is 9.98. The van der Waals surface area contributed by atoms with Crippen LogP contribution in [0.15, 0.2) is 18.2 Å². The van der Waals surface area contributed by atoms with Crippen molar-refractivity contribution >= 4 is 33.2 Å². The number of benzene rings is 1. The van der Waals surface area contributed by atoms with Crippen molar-refractivity contribution in [1.82, 2.24) is 4.31 Å². The zero-order valence-corrected chi connectivity index (χ0v) is 13.0. The van der Waals surface area contributed by atoms with Gasteiger partial charge in [0, 0.05) is 13.1 Å². The summed E-state index contributed by atoms with van der Waals surface area (Å²) in [6, 6.07) is 3.69. The van der Waals surface area contributed by atoms with Gasteiger partial charge >= 0.3 is 0 Å². The van der Waals surface area contributed by atoms with E-state index in [1.165, 1.54) is 16.4 Å². The van der Waals surface area contributed by atoms with Crippen molar-refractivity contribution in [2.24, 2.45) is 5.92 Å². The van der Waals surface area contributed by atoms with E-state index in [0.29, 0.717) is 25.1 Å². The maximum Gasteiger partial charge on any atom is 0.228 e. The highest BCUT2D eigenvalue weighted by atomic mass is 35.5. The quantitative estimate of drug-likeness (QED) is 0.920. The molecule has 0 spiro atoms. The van der Waals surface area contributed by atoms with E-state index in [4.69, 9.17) is 11.6 Å². The molecule has 1 aromatic carbocycles. The van der Waals surface area contributed by atoms with Gasteiger partial charge in [-0.3, -0.25) is 4.79 Å². The largest absolute Gasteiger partial charge is 0.324 e. The first-order valence-electron chi connectivity index (χ1n) is 6.48. The van der Waals surface area contributed by atoms with Gasteiger partial charge in [-0.1, -0.05) is 11.6 Å². The summed E-state index contributed by atoms with van der Waals surface area (Å²) in [5, 5.41) is 2.73. The van der Waals surface area contributed by atoms with E-state index in [-0.39, 0.29) is 17.5 Å². The molecule has 1 amide bonds. The van der Waals surface area contributed by atoms with Crippen LogP contribution in [0.25, 0.3) is 0 Å². The molecule has 1 aliphatic rings. The topological polar surface area (TPSA) is 66.5 Å². The Kier molecular flexibility index (Phi) is 4.85. The van der Waals surface area contributed by atoms with Gasteiger partial charge in [0.25, 0.3) is 0 Å². The normalized spacial score (nSPS) is 20.2. The molecule has 0 radical (unpaired) electrons. The number of sulfonamides is 1. The van der Waals surface area contributed by atoms with Crippen LogP contribution in [0.1, 0.15) is 12.8 Å². The Hall–Kier alpha value is -1.18. The second-order valence-corrected chi connectivity index (χ2v) is 7.46. The van der Waals surface area contributed by atoms with Crippen LogP contribution in [0.3, 0.4) is 0 Å². The monoisotopic (exact) mass is 334 g/mol. The fourth-order valence-electron chi connectivity index (χ4n) is 2.28. The molecule has 1 heterocycles. The number of nitrogens with zero attached hydrogens (tertiary/aromatic N) is 1. The molecule has 0 aliphatic carbocycles. The number of rotatable bonds is 3. The first kappa shape index (κ1) is 16.2. The smallest absolute Gasteiger partial charge is 0.228 e. The summed E-state index contributed by atoms with van der Waals surface area (Å²) in [5.41, 5.74) is 0.319. The second kappa shape index (κ2) is 6.29. The van der Waals surface area contributed by atoms with E-state index in [9.17, 15) is 17.6 Å². The number of amides is 1. The SMILES string of the molecule is CS(=O)(=O)N1CCCC(C(=O)Nc2ccc(F)cc2Cl)C1. The molecule has 0 saturated carbocycles. The third kappa shape index (κ3) is 4.15. The first-order chi connectivity index (χ1) is 9.77. The summed E-state index contributed by atoms with van der Waals surface area (Å²) >= 11 is 5.85. The van der Waals surface area contributed by atoms with E-state index in [1.807, 2.05) is 0 Å². The standard InChI is InChI=1S/C13H16ClFN2O3S/c1-21(19,20)17-6-2-3-9(8-17)13(18)16-12-5-4-10(15)7-11(12)14/h4-5,7,9H,2-3,6,8H2,1H3,(H,16,18). The maximum absolute atomic E-state index is 13.0. The fourth-order valence-corrected chi connectivity index (χ4v) is 3.41. The Morgan fingerprint density at radius 3 is 2.81 bits per heavy atom. The van der Waals surface area contributed by atoms with E-state index >= 15 is 0 Å². The minimum Gasteiger partial charge on any atom is -0.324 e. The molecule has 5 nitrogen and oxygen atoms in total. The van der Waals surface area contributed by atoms with Crippen molar-refractivity contribution < 1.29 is 17.6 Å². The van der Waals surface area contributed by atoms with Crippen LogP contribution in [0.5, 0.6) is 0 Å². The van der Waals surface area contributed by atoms with Gasteiger partial charge in [-0.15, -0.1) is 0 Å². The second-order valence-electron chi connectivity index (χ2n) is 5.07. The highest BCUT2D eigenvalue weighted by Gasteiger charge is 2.30. The minimum atomic E-state index is -3.30. The van der Waals surface area contributed by atoms with Gasteiger partial charge in [0.05, 0.1) is 22.9 Å². The molecule has 0 bridgehead atoms. The van der Waals surface area contributed by atoms with Gasteiger partial charge in [0.15, 0.2) is 0 Å². The lowest BCUT2D eigenvalue weighted by molar-refractivity contribution is -0.120. The maximum atomic E-state index is 13.0. The number of halogens is 2. The van der Waals surface area contributed by atoms with Crippen molar-refractivity contribution in [3.05, 3.63) is 29.0 Å².